The van der Waals surface area contributed by atoms with Gasteiger partial charge in [-0.2, -0.15) is 11.8 Å². The van der Waals surface area contributed by atoms with E-state index in [4.69, 9.17) is 0 Å². The summed E-state index contributed by atoms with van der Waals surface area (Å²) in [5.74, 6) is 1.16. The lowest BCUT2D eigenvalue weighted by atomic mass is 9.95. The number of carbonyl (C=O) groups excluding carboxylic acids is 1. The first-order chi connectivity index (χ1) is 9.78. The van der Waals surface area contributed by atoms with Crippen LogP contribution in [-0.2, 0) is 4.79 Å². The number of amides is 1. The lowest BCUT2D eigenvalue weighted by Crippen LogP contribution is -2.38. The molecule has 1 aromatic heterocycles. The van der Waals surface area contributed by atoms with Crippen LogP contribution in [0.15, 0.2) is 30.6 Å². The van der Waals surface area contributed by atoms with Gasteiger partial charge in [-0.25, -0.2) is 0 Å². The number of rotatable bonds is 5. The maximum Gasteiger partial charge on any atom is 0.244 e. The monoisotopic (exact) mass is 290 g/mol. The number of hydrogen-bond donors (Lipinski definition) is 1. The van der Waals surface area contributed by atoms with Gasteiger partial charge in [-0.05, 0) is 42.7 Å². The summed E-state index contributed by atoms with van der Waals surface area (Å²) in [7, 11) is 0. The number of carbonyl (C=O) groups is 1. The van der Waals surface area contributed by atoms with Crippen LogP contribution in [0.4, 0.5) is 0 Å². The van der Waals surface area contributed by atoms with E-state index in [1.54, 1.807) is 18.5 Å². The second-order valence-corrected chi connectivity index (χ2v) is 6.65. The van der Waals surface area contributed by atoms with Gasteiger partial charge in [-0.3, -0.25) is 9.78 Å². The molecule has 1 aliphatic rings. The molecule has 2 rings (SSSR count). The van der Waals surface area contributed by atoms with E-state index < -0.39 is 0 Å². The van der Waals surface area contributed by atoms with Gasteiger partial charge in [0.1, 0.15) is 0 Å². The highest BCUT2D eigenvalue weighted by molar-refractivity contribution is 7.99. The molecule has 0 spiro atoms. The van der Waals surface area contributed by atoms with Gasteiger partial charge in [0.25, 0.3) is 0 Å². The van der Waals surface area contributed by atoms with E-state index >= 15 is 0 Å². The summed E-state index contributed by atoms with van der Waals surface area (Å²) >= 11 is 2.02. The van der Waals surface area contributed by atoms with Gasteiger partial charge < -0.3 is 5.32 Å². The quantitative estimate of drug-likeness (QED) is 0.846. The summed E-state index contributed by atoms with van der Waals surface area (Å²) in [5, 5.41) is 3.83. The van der Waals surface area contributed by atoms with E-state index in [9.17, 15) is 4.79 Å². The molecule has 1 aromatic rings. The highest BCUT2D eigenvalue weighted by Crippen LogP contribution is 2.28. The highest BCUT2D eigenvalue weighted by Gasteiger charge is 2.22. The van der Waals surface area contributed by atoms with Crippen molar-refractivity contribution < 1.29 is 4.79 Å². The molecule has 0 bridgehead atoms. The van der Waals surface area contributed by atoms with Crippen LogP contribution in [0.1, 0.15) is 38.2 Å². The molecule has 1 saturated carbocycles. The van der Waals surface area contributed by atoms with Gasteiger partial charge in [0.05, 0.1) is 0 Å². The van der Waals surface area contributed by atoms with E-state index in [0.717, 1.165) is 24.2 Å². The molecule has 0 radical (unpaired) electrons. The molecule has 0 saturated heterocycles. The largest absolute Gasteiger partial charge is 0.350 e. The highest BCUT2D eigenvalue weighted by atomic mass is 32.2. The normalized spacial score (nSPS) is 22.9. The predicted molar refractivity (Wildman–Crippen MR) is 85.6 cm³/mol. The van der Waals surface area contributed by atoms with E-state index in [-0.39, 0.29) is 5.91 Å². The SMILES string of the molecule is CCSC1CCCC(NC(=O)C=Cc2cccnc2)C1. The second-order valence-electron chi connectivity index (χ2n) is 5.07. The van der Waals surface area contributed by atoms with Crippen LogP contribution in [0, 0.1) is 0 Å². The Morgan fingerprint density at radius 3 is 3.20 bits per heavy atom. The molecule has 4 heteroatoms. The minimum absolute atomic E-state index is 0.000927. The average Bonchev–Trinajstić information content (AvgIpc) is 2.47. The fourth-order valence-electron chi connectivity index (χ4n) is 2.56. The molecule has 1 heterocycles. The van der Waals surface area contributed by atoms with Crippen molar-refractivity contribution in [2.75, 3.05) is 5.75 Å². The fraction of sp³-hybridized carbons (Fsp3) is 0.500. The third-order valence-electron chi connectivity index (χ3n) is 3.49. The van der Waals surface area contributed by atoms with Gasteiger partial charge in [0, 0.05) is 29.8 Å². The van der Waals surface area contributed by atoms with Crippen LogP contribution in [-0.4, -0.2) is 27.9 Å². The molecular weight excluding hydrogens is 268 g/mol. The number of pyridine rings is 1. The summed E-state index contributed by atoms with van der Waals surface area (Å²) < 4.78 is 0. The summed E-state index contributed by atoms with van der Waals surface area (Å²) in [4.78, 5) is 15.9. The first-order valence-corrected chi connectivity index (χ1v) is 8.33. The number of nitrogens with zero attached hydrogens (tertiary/aromatic N) is 1. The van der Waals surface area contributed by atoms with Crippen LogP contribution in [0.3, 0.4) is 0 Å². The third kappa shape index (κ3) is 5.00. The molecule has 1 aliphatic carbocycles. The zero-order valence-electron chi connectivity index (χ0n) is 11.9. The topological polar surface area (TPSA) is 42.0 Å². The van der Waals surface area contributed by atoms with E-state index in [0.29, 0.717) is 11.3 Å². The number of thioether (sulfide) groups is 1. The molecule has 1 fully saturated rings. The molecule has 3 nitrogen and oxygen atoms in total. The molecule has 1 amide bonds. The van der Waals surface area contributed by atoms with Crippen LogP contribution in [0.2, 0.25) is 0 Å². The minimum Gasteiger partial charge on any atom is -0.350 e. The standard InChI is InChI=1S/C16H22N2OS/c1-2-20-15-7-3-6-14(11-15)18-16(19)9-8-13-5-4-10-17-12-13/h4-5,8-10,12,14-15H,2-3,6-7,11H2,1H3,(H,18,19). The van der Waals surface area contributed by atoms with Crippen molar-refractivity contribution >= 4 is 23.7 Å². The van der Waals surface area contributed by atoms with E-state index in [2.05, 4.69) is 17.2 Å². The molecule has 108 valence electrons. The van der Waals surface area contributed by atoms with Gasteiger partial charge in [0.15, 0.2) is 0 Å². The van der Waals surface area contributed by atoms with Gasteiger partial charge in [-0.1, -0.05) is 19.4 Å². The molecule has 2 atom stereocenters. The maximum absolute atomic E-state index is 11.9. The van der Waals surface area contributed by atoms with E-state index in [1.807, 2.05) is 30.0 Å². The van der Waals surface area contributed by atoms with Crippen LogP contribution >= 0.6 is 11.8 Å². The summed E-state index contributed by atoms with van der Waals surface area (Å²) in [5.41, 5.74) is 0.950. The Labute approximate surface area is 125 Å². The Morgan fingerprint density at radius 1 is 1.55 bits per heavy atom. The van der Waals surface area contributed by atoms with E-state index in [1.165, 1.54) is 12.8 Å². The van der Waals surface area contributed by atoms with Crippen LogP contribution in [0.5, 0.6) is 0 Å². The number of hydrogen-bond acceptors (Lipinski definition) is 3. The van der Waals surface area contributed by atoms with Crippen molar-refractivity contribution in [1.29, 1.82) is 0 Å². The molecule has 20 heavy (non-hydrogen) atoms. The summed E-state index contributed by atoms with van der Waals surface area (Å²) in [6.07, 6.45) is 11.6. The number of aromatic nitrogens is 1. The Hall–Kier alpha value is -1.29. The summed E-state index contributed by atoms with van der Waals surface area (Å²) in [6, 6.07) is 4.13. The Morgan fingerprint density at radius 2 is 2.45 bits per heavy atom. The zero-order valence-corrected chi connectivity index (χ0v) is 12.7. The van der Waals surface area contributed by atoms with Crippen LogP contribution < -0.4 is 5.32 Å². The minimum atomic E-state index is 0.000927. The fourth-order valence-corrected chi connectivity index (χ4v) is 3.73. The average molecular weight is 290 g/mol. The number of nitrogens with one attached hydrogen (secondary N) is 1. The van der Waals surface area contributed by atoms with Crippen molar-refractivity contribution in [1.82, 2.24) is 10.3 Å². The lowest BCUT2D eigenvalue weighted by molar-refractivity contribution is -0.117. The smallest absolute Gasteiger partial charge is 0.244 e. The molecule has 2 unspecified atom stereocenters. The molecule has 0 aromatic carbocycles. The maximum atomic E-state index is 11.9. The van der Waals surface area contributed by atoms with Gasteiger partial charge in [0.2, 0.25) is 5.91 Å². The van der Waals surface area contributed by atoms with Crippen molar-refractivity contribution in [3.05, 3.63) is 36.2 Å². The van der Waals surface area contributed by atoms with Crippen molar-refractivity contribution in [3.63, 3.8) is 0 Å². The Kier molecular flexibility index (Phi) is 6.12. The first kappa shape index (κ1) is 15.1. The van der Waals surface area contributed by atoms with Crippen molar-refractivity contribution in [2.24, 2.45) is 0 Å². The third-order valence-corrected chi connectivity index (χ3v) is 4.72. The second kappa shape index (κ2) is 8.10. The molecule has 0 aliphatic heterocycles. The first-order valence-electron chi connectivity index (χ1n) is 7.28. The Balaban J connectivity index is 1.80. The summed E-state index contributed by atoms with van der Waals surface area (Å²) in [6.45, 7) is 2.20. The predicted octanol–water partition coefficient (Wildman–Crippen LogP) is 3.28. The molecular formula is C16H22N2OS. The Bertz CT molecular complexity index is 445. The van der Waals surface area contributed by atoms with Crippen molar-refractivity contribution in [2.45, 2.75) is 43.9 Å². The van der Waals surface area contributed by atoms with Gasteiger partial charge >= 0.3 is 0 Å². The lowest BCUT2D eigenvalue weighted by Gasteiger charge is -2.28. The van der Waals surface area contributed by atoms with Crippen molar-refractivity contribution in [3.8, 4) is 0 Å². The van der Waals surface area contributed by atoms with Gasteiger partial charge in [-0.15, -0.1) is 0 Å². The molecule has 1 N–H and O–H groups in total. The zero-order chi connectivity index (χ0) is 14.2. The van der Waals surface area contributed by atoms with Crippen LogP contribution in [0.25, 0.3) is 6.08 Å².